The highest BCUT2D eigenvalue weighted by atomic mass is 19.4. The fraction of sp³-hybridized carbons (Fsp3) is 0.548. The second-order valence-electron chi connectivity index (χ2n) is 11.5. The van der Waals surface area contributed by atoms with Gasteiger partial charge in [0.15, 0.2) is 0 Å². The molecule has 242 valence electrons. The molecule has 44 heavy (non-hydrogen) atoms. The lowest BCUT2D eigenvalue weighted by Gasteiger charge is -2.35. The van der Waals surface area contributed by atoms with Crippen molar-refractivity contribution in [3.05, 3.63) is 70.8 Å². The Morgan fingerprint density at radius 1 is 0.591 bits per heavy atom. The van der Waals surface area contributed by atoms with Crippen molar-refractivity contribution in [3.63, 3.8) is 0 Å². The molecular weight excluding hydrogens is 588 g/mol. The normalized spacial score (nSPS) is 17.4. The number of nitrogens with zero attached hydrogens (tertiary/aromatic N) is 4. The zero-order valence-corrected chi connectivity index (χ0v) is 24.5. The summed E-state index contributed by atoms with van der Waals surface area (Å²) in [5, 5.41) is 0. The van der Waals surface area contributed by atoms with Crippen LogP contribution in [0.2, 0.25) is 0 Å². The Morgan fingerprint density at radius 2 is 0.909 bits per heavy atom. The number of alkyl halides is 6. The highest BCUT2D eigenvalue weighted by Gasteiger charge is 2.31. The van der Waals surface area contributed by atoms with Crippen molar-refractivity contribution in [2.45, 2.75) is 57.2 Å². The third kappa shape index (κ3) is 9.93. The first-order chi connectivity index (χ1) is 20.8. The number of hydrogen-bond donors (Lipinski definition) is 1. The number of benzene rings is 2. The second kappa shape index (κ2) is 14.7. The van der Waals surface area contributed by atoms with Gasteiger partial charge in [-0.2, -0.15) is 26.3 Å². The van der Waals surface area contributed by atoms with E-state index in [9.17, 15) is 35.9 Å². The summed E-state index contributed by atoms with van der Waals surface area (Å²) in [5.41, 5.74) is 6.46. The Kier molecular flexibility index (Phi) is 11.3. The molecule has 2 heterocycles. The zero-order valence-electron chi connectivity index (χ0n) is 24.5. The number of nitrogens with two attached hydrogens (primary N) is 1. The molecular formula is C31H39F6N5O2. The first kappa shape index (κ1) is 33.7. The number of rotatable bonds is 10. The van der Waals surface area contributed by atoms with Crippen LogP contribution in [0, 0.1) is 0 Å². The third-order valence-electron chi connectivity index (χ3n) is 8.28. The molecule has 0 radical (unpaired) electrons. The van der Waals surface area contributed by atoms with Gasteiger partial charge in [-0.25, -0.2) is 0 Å². The monoisotopic (exact) mass is 627 g/mol. The number of amides is 2. The van der Waals surface area contributed by atoms with Crippen LogP contribution in [-0.2, 0) is 35.0 Å². The lowest BCUT2D eigenvalue weighted by Crippen LogP contribution is -2.48. The lowest BCUT2D eigenvalue weighted by atomic mass is 10.1. The quantitative estimate of drug-likeness (QED) is 0.390. The highest BCUT2D eigenvalue weighted by molar-refractivity contribution is 5.77. The van der Waals surface area contributed by atoms with E-state index in [4.69, 9.17) is 5.73 Å². The number of carbonyl (C=O) groups excluding carboxylic acids is 2. The van der Waals surface area contributed by atoms with Gasteiger partial charge < -0.3 is 15.5 Å². The maximum absolute atomic E-state index is 12.8. The molecule has 0 unspecified atom stereocenters. The van der Waals surface area contributed by atoms with E-state index in [1.165, 1.54) is 24.3 Å². The molecule has 2 amide bonds. The van der Waals surface area contributed by atoms with Gasteiger partial charge in [0.2, 0.25) is 11.8 Å². The molecule has 2 aromatic rings. The van der Waals surface area contributed by atoms with E-state index in [-0.39, 0.29) is 30.7 Å². The van der Waals surface area contributed by atoms with Crippen LogP contribution in [0.15, 0.2) is 48.5 Å². The molecule has 0 aromatic heterocycles. The van der Waals surface area contributed by atoms with E-state index in [1.54, 1.807) is 9.80 Å². The van der Waals surface area contributed by atoms with Gasteiger partial charge in [-0.05, 0) is 48.2 Å². The second-order valence-corrected chi connectivity index (χ2v) is 11.5. The molecule has 0 atom stereocenters. The van der Waals surface area contributed by atoms with Crippen molar-refractivity contribution < 1.29 is 35.9 Å². The number of halogens is 6. The van der Waals surface area contributed by atoms with Crippen LogP contribution < -0.4 is 5.73 Å². The first-order valence-corrected chi connectivity index (χ1v) is 14.9. The fourth-order valence-corrected chi connectivity index (χ4v) is 5.50. The van der Waals surface area contributed by atoms with Crippen LogP contribution in [-0.4, -0.2) is 89.8 Å². The minimum Gasteiger partial charge on any atom is -0.340 e. The van der Waals surface area contributed by atoms with Crippen molar-refractivity contribution in [2.75, 3.05) is 52.4 Å². The standard InChI is InChI=1S/C31H39F6N5O2/c32-30(33,34)25-5-1-23(2-6-25)21-39-13-17-41(18-14-39)28(43)11-9-27(38)10-12-29(44)42-19-15-40(16-20-42)22-24-3-7-26(8-4-24)31(35,36)37/h1-8,27H,9-22,38H2. The molecule has 2 saturated heterocycles. The average molecular weight is 628 g/mol. The van der Waals surface area contributed by atoms with Crippen LogP contribution in [0.3, 0.4) is 0 Å². The number of carbonyl (C=O) groups is 2. The van der Waals surface area contributed by atoms with E-state index >= 15 is 0 Å². The summed E-state index contributed by atoms with van der Waals surface area (Å²) >= 11 is 0. The smallest absolute Gasteiger partial charge is 0.340 e. The molecule has 2 aliphatic heterocycles. The van der Waals surface area contributed by atoms with E-state index in [1.807, 2.05) is 0 Å². The molecule has 2 aliphatic rings. The number of hydrogen-bond acceptors (Lipinski definition) is 5. The Balaban J connectivity index is 1.08. The predicted molar refractivity (Wildman–Crippen MR) is 153 cm³/mol. The van der Waals surface area contributed by atoms with Crippen molar-refractivity contribution >= 4 is 11.8 Å². The summed E-state index contributed by atoms with van der Waals surface area (Å²) in [4.78, 5) is 33.2. The zero-order chi connectivity index (χ0) is 31.9. The summed E-state index contributed by atoms with van der Waals surface area (Å²) in [7, 11) is 0. The molecule has 2 aromatic carbocycles. The Morgan fingerprint density at radius 3 is 1.20 bits per heavy atom. The molecule has 0 spiro atoms. The molecule has 0 bridgehead atoms. The molecule has 2 fully saturated rings. The lowest BCUT2D eigenvalue weighted by molar-refractivity contribution is -0.138. The first-order valence-electron chi connectivity index (χ1n) is 14.9. The Bertz CT molecular complexity index is 1120. The van der Waals surface area contributed by atoms with E-state index in [0.29, 0.717) is 78.3 Å². The third-order valence-corrected chi connectivity index (χ3v) is 8.28. The van der Waals surface area contributed by atoms with E-state index < -0.39 is 23.5 Å². The Hall–Kier alpha value is -3.16. The van der Waals surface area contributed by atoms with Crippen molar-refractivity contribution in [1.29, 1.82) is 0 Å². The van der Waals surface area contributed by atoms with Crippen LogP contribution in [0.5, 0.6) is 0 Å². The van der Waals surface area contributed by atoms with Crippen LogP contribution in [0.1, 0.15) is 47.9 Å². The minimum atomic E-state index is -4.36. The van der Waals surface area contributed by atoms with Crippen LogP contribution >= 0.6 is 0 Å². The van der Waals surface area contributed by atoms with Gasteiger partial charge in [-0.15, -0.1) is 0 Å². The maximum Gasteiger partial charge on any atom is 0.416 e. The van der Waals surface area contributed by atoms with Gasteiger partial charge in [0.1, 0.15) is 0 Å². The summed E-state index contributed by atoms with van der Waals surface area (Å²) in [5.74, 6) is 0.00949. The van der Waals surface area contributed by atoms with Gasteiger partial charge in [0.25, 0.3) is 0 Å². The van der Waals surface area contributed by atoms with Gasteiger partial charge >= 0.3 is 12.4 Å². The van der Waals surface area contributed by atoms with Gasteiger partial charge in [0.05, 0.1) is 11.1 Å². The van der Waals surface area contributed by atoms with Crippen molar-refractivity contribution in [1.82, 2.24) is 19.6 Å². The van der Waals surface area contributed by atoms with Gasteiger partial charge in [-0.1, -0.05) is 24.3 Å². The molecule has 13 heteroatoms. The summed E-state index contributed by atoms with van der Waals surface area (Å²) in [6.45, 7) is 5.72. The van der Waals surface area contributed by atoms with Crippen molar-refractivity contribution in [3.8, 4) is 0 Å². The summed E-state index contributed by atoms with van der Waals surface area (Å²) < 4.78 is 76.6. The predicted octanol–water partition coefficient (Wildman–Crippen LogP) is 4.60. The summed E-state index contributed by atoms with van der Waals surface area (Å²) in [6, 6.07) is 10.00. The fourth-order valence-electron chi connectivity index (χ4n) is 5.50. The molecule has 0 saturated carbocycles. The average Bonchev–Trinajstić information content (AvgIpc) is 2.99. The maximum atomic E-state index is 12.8. The van der Waals surface area contributed by atoms with E-state index in [2.05, 4.69) is 9.80 Å². The summed E-state index contributed by atoms with van der Waals surface area (Å²) in [6.07, 6.45) is -7.20. The number of piperazine rings is 2. The van der Waals surface area contributed by atoms with Gasteiger partial charge in [0, 0.05) is 84.3 Å². The minimum absolute atomic E-state index is 0.00475. The Labute approximate surface area is 253 Å². The van der Waals surface area contributed by atoms with Crippen LogP contribution in [0.4, 0.5) is 26.3 Å². The van der Waals surface area contributed by atoms with E-state index in [0.717, 1.165) is 35.4 Å². The molecule has 7 nitrogen and oxygen atoms in total. The highest BCUT2D eigenvalue weighted by Crippen LogP contribution is 2.30. The van der Waals surface area contributed by atoms with Crippen LogP contribution in [0.25, 0.3) is 0 Å². The van der Waals surface area contributed by atoms with Crippen molar-refractivity contribution in [2.24, 2.45) is 5.73 Å². The molecule has 4 rings (SSSR count). The van der Waals surface area contributed by atoms with Gasteiger partial charge in [-0.3, -0.25) is 19.4 Å². The topological polar surface area (TPSA) is 73.1 Å². The largest absolute Gasteiger partial charge is 0.416 e. The molecule has 2 N–H and O–H groups in total. The SMILES string of the molecule is NC(CCC(=O)N1CCN(Cc2ccc(C(F)(F)F)cc2)CC1)CCC(=O)N1CCN(Cc2ccc(C(F)(F)F)cc2)CC1. The molecule has 0 aliphatic carbocycles.